The molecule has 4 aromatic rings. The van der Waals surface area contributed by atoms with Gasteiger partial charge >= 0.3 is 5.97 Å². The maximum Gasteiger partial charge on any atom is 0.335 e. The minimum atomic E-state index is -3.86. The van der Waals surface area contributed by atoms with Gasteiger partial charge in [-0.2, -0.15) is 0 Å². The van der Waals surface area contributed by atoms with Gasteiger partial charge in [-0.05, 0) is 65.2 Å². The number of aromatic nitrogens is 1. The van der Waals surface area contributed by atoms with E-state index in [2.05, 4.69) is 5.32 Å². The van der Waals surface area contributed by atoms with Gasteiger partial charge in [-0.15, -0.1) is 0 Å². The van der Waals surface area contributed by atoms with Crippen LogP contribution in [0.3, 0.4) is 0 Å². The van der Waals surface area contributed by atoms with Crippen molar-refractivity contribution in [1.82, 2.24) is 3.97 Å². The number of hydrogen-bond acceptors (Lipinski definition) is 5. The topological polar surface area (TPSA) is 131 Å². The Labute approximate surface area is 202 Å². The largest absolute Gasteiger partial charge is 0.478 e. The highest BCUT2D eigenvalue weighted by atomic mass is 32.2. The van der Waals surface area contributed by atoms with Crippen LogP contribution in [-0.2, 0) is 14.8 Å². The number of carbonyl (C=O) groups is 2. The third-order valence-electron chi connectivity index (χ3n) is 5.21. The molecule has 9 heteroatoms. The molecule has 4 rings (SSSR count). The monoisotopic (exact) mass is 487 g/mol. The first kappa shape index (κ1) is 23.5. The number of para-hydroxylation sites is 2. The number of nitrogen functional groups attached to an aromatic ring is 1. The Morgan fingerprint density at radius 3 is 2.37 bits per heavy atom. The quantitative estimate of drug-likeness (QED) is 0.263. The van der Waals surface area contributed by atoms with Crippen molar-refractivity contribution < 1.29 is 23.1 Å². The Morgan fingerprint density at radius 2 is 1.66 bits per heavy atom. The van der Waals surface area contributed by atoms with Crippen molar-refractivity contribution in [1.29, 1.82) is 0 Å². The molecule has 0 spiro atoms. The maximum atomic E-state index is 13.0. The van der Waals surface area contributed by atoms with Crippen molar-refractivity contribution in [3.05, 3.63) is 108 Å². The van der Waals surface area contributed by atoms with E-state index in [0.29, 0.717) is 28.1 Å². The summed E-state index contributed by atoms with van der Waals surface area (Å²) in [5, 5.41) is 11.8. The summed E-state index contributed by atoms with van der Waals surface area (Å²) in [6.45, 7) is 0. The first-order chi connectivity index (χ1) is 16.7. The number of hydrogen-bond donors (Lipinski definition) is 3. The predicted molar refractivity (Wildman–Crippen MR) is 134 cm³/mol. The molecular weight excluding hydrogens is 466 g/mol. The summed E-state index contributed by atoms with van der Waals surface area (Å²) in [5.41, 5.74) is 8.75. The minimum Gasteiger partial charge on any atom is -0.478 e. The minimum absolute atomic E-state index is 0.0686. The smallest absolute Gasteiger partial charge is 0.335 e. The number of nitrogens with zero attached hydrogens (tertiary/aromatic N) is 1. The number of nitrogens with two attached hydrogens (primary N) is 1. The molecule has 1 aromatic heterocycles. The van der Waals surface area contributed by atoms with Gasteiger partial charge in [0, 0.05) is 18.5 Å². The average Bonchev–Trinajstić information content (AvgIpc) is 3.34. The van der Waals surface area contributed by atoms with Crippen LogP contribution in [0, 0.1) is 0 Å². The lowest BCUT2D eigenvalue weighted by atomic mass is 10.0. The lowest BCUT2D eigenvalue weighted by Gasteiger charge is -2.08. The van der Waals surface area contributed by atoms with Crippen LogP contribution in [0.15, 0.2) is 102 Å². The van der Waals surface area contributed by atoms with Crippen molar-refractivity contribution in [3.63, 3.8) is 0 Å². The molecule has 0 saturated heterocycles. The van der Waals surface area contributed by atoms with E-state index in [0.717, 1.165) is 3.97 Å². The molecule has 4 N–H and O–H groups in total. The fourth-order valence-corrected chi connectivity index (χ4v) is 4.58. The van der Waals surface area contributed by atoms with Gasteiger partial charge in [-0.1, -0.05) is 36.4 Å². The summed E-state index contributed by atoms with van der Waals surface area (Å²) in [6.07, 6.45) is 5.59. The van der Waals surface area contributed by atoms with Crippen LogP contribution in [0.2, 0.25) is 0 Å². The molecule has 0 aliphatic carbocycles. The summed E-state index contributed by atoms with van der Waals surface area (Å²) in [6, 6.07) is 21.0. The molecule has 0 unspecified atom stereocenters. The van der Waals surface area contributed by atoms with Crippen molar-refractivity contribution in [2.75, 3.05) is 11.1 Å². The normalized spacial score (nSPS) is 11.4. The number of amides is 1. The Balaban J connectivity index is 1.49. The van der Waals surface area contributed by atoms with Gasteiger partial charge < -0.3 is 16.2 Å². The third kappa shape index (κ3) is 5.31. The second kappa shape index (κ2) is 9.70. The first-order valence-electron chi connectivity index (χ1n) is 10.4. The fraction of sp³-hybridized carbons (Fsp3) is 0. The zero-order chi connectivity index (χ0) is 25.0. The van der Waals surface area contributed by atoms with Gasteiger partial charge in [0.15, 0.2) is 0 Å². The molecule has 0 aliphatic heterocycles. The summed E-state index contributed by atoms with van der Waals surface area (Å²) in [4.78, 5) is 23.4. The molecule has 3 aromatic carbocycles. The van der Waals surface area contributed by atoms with Crippen LogP contribution in [-0.4, -0.2) is 29.4 Å². The highest BCUT2D eigenvalue weighted by Crippen LogP contribution is 2.24. The molecule has 0 bridgehead atoms. The highest BCUT2D eigenvalue weighted by molar-refractivity contribution is 7.90. The number of benzene rings is 3. The van der Waals surface area contributed by atoms with Crippen molar-refractivity contribution in [2.45, 2.75) is 4.90 Å². The van der Waals surface area contributed by atoms with Gasteiger partial charge in [0.1, 0.15) is 0 Å². The predicted octanol–water partition coefficient (Wildman–Crippen LogP) is 4.32. The van der Waals surface area contributed by atoms with Crippen molar-refractivity contribution in [3.8, 4) is 11.1 Å². The van der Waals surface area contributed by atoms with E-state index in [9.17, 15) is 18.0 Å². The molecular formula is C26H21N3O5S. The number of carbonyl (C=O) groups excluding carboxylic acids is 1. The Hall–Kier alpha value is -4.63. The molecule has 1 heterocycles. The second-order valence-electron chi connectivity index (χ2n) is 7.60. The standard InChI is InChI=1S/C26H21N3O5S/c27-23-6-1-2-7-24(23)28-25(30)13-8-18-14-15-29(17-18)35(33,34)22-11-9-19(10-12-22)20-4-3-5-21(16-20)26(31)32/h1-17H,27H2,(H,28,30)(H,31,32)/b13-8+. The van der Waals surface area contributed by atoms with Crippen LogP contribution < -0.4 is 11.1 Å². The SMILES string of the molecule is Nc1ccccc1NC(=O)/C=C/c1ccn(S(=O)(=O)c2ccc(-c3cccc(C(=O)O)c3)cc2)c1. The van der Waals surface area contributed by atoms with Gasteiger partial charge in [0.05, 0.1) is 21.8 Å². The van der Waals surface area contributed by atoms with Crippen LogP contribution in [0.1, 0.15) is 15.9 Å². The zero-order valence-corrected chi connectivity index (χ0v) is 19.1. The van der Waals surface area contributed by atoms with Crippen LogP contribution in [0.25, 0.3) is 17.2 Å². The lowest BCUT2D eigenvalue weighted by molar-refractivity contribution is -0.111. The number of nitrogens with one attached hydrogen (secondary N) is 1. The molecule has 35 heavy (non-hydrogen) atoms. The maximum absolute atomic E-state index is 13.0. The Bertz CT molecular complexity index is 1540. The molecule has 0 saturated carbocycles. The van der Waals surface area contributed by atoms with Gasteiger partial charge in [0.25, 0.3) is 10.0 Å². The zero-order valence-electron chi connectivity index (χ0n) is 18.3. The Kier molecular flexibility index (Phi) is 6.52. The molecule has 1 amide bonds. The molecule has 0 atom stereocenters. The molecule has 0 aliphatic rings. The number of anilines is 2. The van der Waals surface area contributed by atoms with Gasteiger partial charge in [-0.3, -0.25) is 4.79 Å². The summed E-state index contributed by atoms with van der Waals surface area (Å²) in [5.74, 6) is -1.44. The number of aromatic carboxylic acids is 1. The van der Waals surface area contributed by atoms with Gasteiger partial charge in [0.2, 0.25) is 5.91 Å². The number of carboxylic acid groups (broad SMARTS) is 1. The van der Waals surface area contributed by atoms with E-state index >= 15 is 0 Å². The molecule has 0 fully saturated rings. The van der Waals surface area contributed by atoms with E-state index in [1.807, 2.05) is 0 Å². The second-order valence-corrected chi connectivity index (χ2v) is 9.44. The summed E-state index contributed by atoms with van der Waals surface area (Å²) < 4.78 is 27.1. The average molecular weight is 488 g/mol. The molecule has 8 nitrogen and oxygen atoms in total. The summed E-state index contributed by atoms with van der Waals surface area (Å²) >= 11 is 0. The summed E-state index contributed by atoms with van der Waals surface area (Å²) in [7, 11) is -3.86. The number of rotatable bonds is 7. The third-order valence-corrected chi connectivity index (χ3v) is 6.86. The Morgan fingerprint density at radius 1 is 0.914 bits per heavy atom. The van der Waals surface area contributed by atoms with Crippen molar-refractivity contribution >= 4 is 39.4 Å². The van der Waals surface area contributed by atoms with E-state index in [4.69, 9.17) is 10.8 Å². The van der Waals surface area contributed by atoms with Crippen LogP contribution >= 0.6 is 0 Å². The lowest BCUT2D eigenvalue weighted by Crippen LogP contribution is -2.10. The first-order valence-corrected chi connectivity index (χ1v) is 11.9. The highest BCUT2D eigenvalue weighted by Gasteiger charge is 2.17. The fourth-order valence-electron chi connectivity index (χ4n) is 3.37. The number of carboxylic acids is 1. The van der Waals surface area contributed by atoms with E-state index < -0.39 is 21.9 Å². The van der Waals surface area contributed by atoms with E-state index in [-0.39, 0.29) is 10.5 Å². The van der Waals surface area contributed by atoms with Gasteiger partial charge in [-0.25, -0.2) is 17.2 Å². The molecule has 0 radical (unpaired) electrons. The van der Waals surface area contributed by atoms with Crippen LogP contribution in [0.4, 0.5) is 11.4 Å². The van der Waals surface area contributed by atoms with Crippen molar-refractivity contribution in [2.24, 2.45) is 0 Å². The van der Waals surface area contributed by atoms with E-state index in [1.54, 1.807) is 54.6 Å². The van der Waals surface area contributed by atoms with E-state index in [1.165, 1.54) is 48.8 Å². The molecule has 176 valence electrons. The van der Waals surface area contributed by atoms with Crippen LogP contribution in [0.5, 0.6) is 0 Å².